The number of anilines is 1. The molecule has 1 unspecified atom stereocenters. The van der Waals surface area contributed by atoms with Crippen molar-refractivity contribution in [3.8, 4) is 5.88 Å². The van der Waals surface area contributed by atoms with Crippen molar-refractivity contribution in [1.29, 1.82) is 0 Å². The van der Waals surface area contributed by atoms with Gasteiger partial charge in [-0.1, -0.05) is 5.16 Å². The molecule has 0 saturated carbocycles. The van der Waals surface area contributed by atoms with Crippen LogP contribution in [0.3, 0.4) is 0 Å². The van der Waals surface area contributed by atoms with Gasteiger partial charge in [0.1, 0.15) is 18.2 Å². The van der Waals surface area contributed by atoms with Crippen LogP contribution in [0.4, 0.5) is 5.82 Å². The number of nitrogens with zero attached hydrogens (tertiary/aromatic N) is 4. The summed E-state index contributed by atoms with van der Waals surface area (Å²) in [5.41, 5.74) is 0. The van der Waals surface area contributed by atoms with Crippen molar-refractivity contribution in [2.45, 2.75) is 25.5 Å². The summed E-state index contributed by atoms with van der Waals surface area (Å²) < 4.78 is 15.7. The lowest BCUT2D eigenvalue weighted by Gasteiger charge is -2.03. The molecule has 0 spiro atoms. The Morgan fingerprint density at radius 1 is 1.45 bits per heavy atom. The van der Waals surface area contributed by atoms with Crippen molar-refractivity contribution in [3.05, 3.63) is 24.1 Å². The summed E-state index contributed by atoms with van der Waals surface area (Å²) in [6, 6.07) is 1.70. The van der Waals surface area contributed by atoms with E-state index in [0.29, 0.717) is 30.0 Å². The smallest absolute Gasteiger partial charge is 0.255 e. The minimum absolute atomic E-state index is 0.0598. The fraction of sp³-hybridized carbons (Fsp3) is 0.500. The van der Waals surface area contributed by atoms with Crippen LogP contribution >= 0.6 is 0 Å². The van der Waals surface area contributed by atoms with Crippen LogP contribution in [0.15, 0.2) is 16.9 Å². The molecule has 2 aromatic heterocycles. The van der Waals surface area contributed by atoms with Crippen LogP contribution in [-0.4, -0.2) is 33.8 Å². The summed E-state index contributed by atoms with van der Waals surface area (Å²) in [7, 11) is 1.55. The summed E-state index contributed by atoms with van der Waals surface area (Å²) in [6.45, 7) is 1.16. The molecule has 0 amide bonds. The van der Waals surface area contributed by atoms with Crippen molar-refractivity contribution in [3.63, 3.8) is 0 Å². The molecular formula is C12H15N5O3. The fourth-order valence-corrected chi connectivity index (χ4v) is 1.96. The summed E-state index contributed by atoms with van der Waals surface area (Å²) in [5, 5.41) is 7.00. The van der Waals surface area contributed by atoms with Crippen LogP contribution in [0.1, 0.15) is 30.7 Å². The van der Waals surface area contributed by atoms with Gasteiger partial charge in [-0.15, -0.1) is 0 Å². The van der Waals surface area contributed by atoms with E-state index < -0.39 is 0 Å². The Hall–Kier alpha value is -2.22. The second-order valence-corrected chi connectivity index (χ2v) is 4.35. The molecule has 0 bridgehead atoms. The summed E-state index contributed by atoms with van der Waals surface area (Å²) in [4.78, 5) is 12.3. The summed E-state index contributed by atoms with van der Waals surface area (Å²) in [6.07, 6.45) is 3.32. The van der Waals surface area contributed by atoms with Gasteiger partial charge in [0.15, 0.2) is 5.82 Å². The zero-order valence-corrected chi connectivity index (χ0v) is 11.1. The third kappa shape index (κ3) is 2.85. The molecule has 1 aliphatic rings. The third-order valence-corrected chi connectivity index (χ3v) is 2.97. The average Bonchev–Trinajstić information content (AvgIpc) is 3.16. The number of hydrogen-bond donors (Lipinski definition) is 1. The largest absolute Gasteiger partial charge is 0.481 e. The quantitative estimate of drug-likeness (QED) is 0.874. The normalized spacial score (nSPS) is 18.1. The Morgan fingerprint density at radius 2 is 2.40 bits per heavy atom. The number of aromatic nitrogens is 4. The molecule has 1 atom stereocenters. The van der Waals surface area contributed by atoms with E-state index in [4.69, 9.17) is 14.0 Å². The standard InChI is InChI=1S/C12H15N5O3/c1-18-11-5-9(14-7-15-11)13-6-10-16-12(20-17-10)8-3-2-4-19-8/h5,7-8H,2-4,6H2,1H3,(H,13,14,15). The maximum Gasteiger partial charge on any atom is 0.255 e. The highest BCUT2D eigenvalue weighted by Gasteiger charge is 2.23. The number of methoxy groups -OCH3 is 1. The molecule has 3 rings (SSSR count). The number of ether oxygens (including phenoxy) is 2. The van der Waals surface area contributed by atoms with E-state index in [1.54, 1.807) is 13.2 Å². The lowest BCUT2D eigenvalue weighted by molar-refractivity contribution is 0.0835. The van der Waals surface area contributed by atoms with Crippen LogP contribution < -0.4 is 10.1 Å². The zero-order chi connectivity index (χ0) is 13.8. The van der Waals surface area contributed by atoms with E-state index in [9.17, 15) is 0 Å². The zero-order valence-electron chi connectivity index (χ0n) is 11.1. The van der Waals surface area contributed by atoms with Crippen LogP contribution in [0.2, 0.25) is 0 Å². The lowest BCUT2D eigenvalue weighted by Crippen LogP contribution is -2.04. The van der Waals surface area contributed by atoms with Gasteiger partial charge in [-0.25, -0.2) is 9.97 Å². The first-order chi connectivity index (χ1) is 9.85. The van der Waals surface area contributed by atoms with Gasteiger partial charge in [-0.3, -0.25) is 0 Å². The molecule has 0 aromatic carbocycles. The summed E-state index contributed by atoms with van der Waals surface area (Å²) >= 11 is 0. The van der Waals surface area contributed by atoms with Crippen molar-refractivity contribution in [1.82, 2.24) is 20.1 Å². The van der Waals surface area contributed by atoms with Gasteiger partial charge in [0.2, 0.25) is 5.88 Å². The predicted octanol–water partition coefficient (Wildman–Crippen LogP) is 1.33. The second-order valence-electron chi connectivity index (χ2n) is 4.35. The van der Waals surface area contributed by atoms with E-state index in [-0.39, 0.29) is 6.10 Å². The third-order valence-electron chi connectivity index (χ3n) is 2.97. The van der Waals surface area contributed by atoms with Crippen molar-refractivity contribution in [2.24, 2.45) is 0 Å². The molecule has 2 aromatic rings. The Balaban J connectivity index is 1.60. The average molecular weight is 277 g/mol. The Morgan fingerprint density at radius 3 is 3.20 bits per heavy atom. The minimum atomic E-state index is -0.0598. The predicted molar refractivity (Wildman–Crippen MR) is 68.1 cm³/mol. The van der Waals surface area contributed by atoms with Gasteiger partial charge in [0.25, 0.3) is 5.89 Å². The van der Waals surface area contributed by atoms with E-state index >= 15 is 0 Å². The van der Waals surface area contributed by atoms with E-state index in [1.807, 2.05) is 0 Å². The summed E-state index contributed by atoms with van der Waals surface area (Å²) in [5.74, 6) is 2.24. The first-order valence-corrected chi connectivity index (χ1v) is 6.39. The van der Waals surface area contributed by atoms with Gasteiger partial charge in [-0.05, 0) is 12.8 Å². The monoisotopic (exact) mass is 277 g/mol. The van der Waals surface area contributed by atoms with Gasteiger partial charge >= 0.3 is 0 Å². The fourth-order valence-electron chi connectivity index (χ4n) is 1.96. The first-order valence-electron chi connectivity index (χ1n) is 6.39. The molecule has 1 fully saturated rings. The molecule has 106 valence electrons. The molecule has 1 aliphatic heterocycles. The Kier molecular flexibility index (Phi) is 3.73. The van der Waals surface area contributed by atoms with Gasteiger partial charge in [0, 0.05) is 12.7 Å². The van der Waals surface area contributed by atoms with Gasteiger partial charge in [-0.2, -0.15) is 4.98 Å². The van der Waals surface area contributed by atoms with E-state index in [1.165, 1.54) is 6.33 Å². The maximum atomic E-state index is 5.49. The van der Waals surface area contributed by atoms with E-state index in [2.05, 4.69) is 25.4 Å². The van der Waals surface area contributed by atoms with Gasteiger partial charge < -0.3 is 19.3 Å². The molecule has 0 radical (unpaired) electrons. The molecule has 3 heterocycles. The van der Waals surface area contributed by atoms with Crippen molar-refractivity contribution in [2.75, 3.05) is 19.0 Å². The molecule has 0 aliphatic carbocycles. The SMILES string of the molecule is COc1cc(NCc2noc(C3CCCO3)n2)ncn1. The van der Waals surface area contributed by atoms with Crippen LogP contribution in [0.25, 0.3) is 0 Å². The molecular weight excluding hydrogens is 262 g/mol. The van der Waals surface area contributed by atoms with Crippen LogP contribution in [-0.2, 0) is 11.3 Å². The van der Waals surface area contributed by atoms with Crippen LogP contribution in [0, 0.1) is 0 Å². The maximum absolute atomic E-state index is 5.49. The molecule has 1 saturated heterocycles. The van der Waals surface area contributed by atoms with Gasteiger partial charge in [0.05, 0.1) is 13.7 Å². The number of rotatable bonds is 5. The highest BCUT2D eigenvalue weighted by atomic mass is 16.5. The Labute approximate surface area is 115 Å². The first kappa shape index (κ1) is 12.8. The second kappa shape index (κ2) is 5.83. The van der Waals surface area contributed by atoms with Crippen LogP contribution in [0.5, 0.6) is 5.88 Å². The van der Waals surface area contributed by atoms with E-state index in [0.717, 1.165) is 19.4 Å². The molecule has 1 N–H and O–H groups in total. The highest BCUT2D eigenvalue weighted by Crippen LogP contribution is 2.26. The molecule has 8 heteroatoms. The lowest BCUT2D eigenvalue weighted by atomic mass is 10.2. The minimum Gasteiger partial charge on any atom is -0.481 e. The topological polar surface area (TPSA) is 95.2 Å². The molecule has 8 nitrogen and oxygen atoms in total. The van der Waals surface area contributed by atoms with Crippen molar-refractivity contribution >= 4 is 5.82 Å². The Bertz CT molecular complexity index is 568. The van der Waals surface area contributed by atoms with Crippen molar-refractivity contribution < 1.29 is 14.0 Å². The number of nitrogens with one attached hydrogen (secondary N) is 1. The highest BCUT2D eigenvalue weighted by molar-refractivity contribution is 5.36. The number of hydrogen-bond acceptors (Lipinski definition) is 8. The molecule has 20 heavy (non-hydrogen) atoms.